The number of thioether (sulfide) groups is 1. The summed E-state index contributed by atoms with van der Waals surface area (Å²) >= 11 is 1.52. The van der Waals surface area contributed by atoms with Crippen molar-refractivity contribution in [1.82, 2.24) is 20.1 Å². The van der Waals surface area contributed by atoms with Gasteiger partial charge in [-0.05, 0) is 56.7 Å². The Labute approximate surface area is 164 Å². The number of carbonyl (C=O) groups excluding carboxylic acids is 1. The highest BCUT2D eigenvalue weighted by molar-refractivity contribution is 8.00. The van der Waals surface area contributed by atoms with Crippen molar-refractivity contribution >= 4 is 17.7 Å². The molecule has 1 atom stereocenters. The number of amides is 1. The number of aromatic nitrogens is 3. The van der Waals surface area contributed by atoms with Crippen LogP contribution in [0, 0.1) is 0 Å². The van der Waals surface area contributed by atoms with Gasteiger partial charge in [-0.3, -0.25) is 4.79 Å². The monoisotopic (exact) mass is 386 g/mol. The highest BCUT2D eigenvalue weighted by Gasteiger charge is 2.37. The Kier molecular flexibility index (Phi) is 5.38. The van der Waals surface area contributed by atoms with Crippen LogP contribution in [0.2, 0.25) is 0 Å². The highest BCUT2D eigenvalue weighted by atomic mass is 32.2. The van der Waals surface area contributed by atoms with Crippen LogP contribution in [0.25, 0.3) is 0 Å². The molecule has 2 aliphatic carbocycles. The Morgan fingerprint density at radius 2 is 2.00 bits per heavy atom. The van der Waals surface area contributed by atoms with Crippen molar-refractivity contribution in [3.05, 3.63) is 35.7 Å². The number of ether oxygens (including phenoxy) is 1. The van der Waals surface area contributed by atoms with E-state index in [0.29, 0.717) is 18.5 Å². The maximum atomic E-state index is 12.5. The van der Waals surface area contributed by atoms with Crippen LogP contribution in [-0.4, -0.2) is 39.6 Å². The molecule has 2 aliphatic rings. The van der Waals surface area contributed by atoms with Crippen molar-refractivity contribution in [3.8, 4) is 5.75 Å². The molecular formula is C20H26N4O2S. The van der Waals surface area contributed by atoms with Gasteiger partial charge in [0.15, 0.2) is 5.16 Å². The Bertz CT molecular complexity index is 797. The molecule has 2 fully saturated rings. The molecule has 27 heavy (non-hydrogen) atoms. The van der Waals surface area contributed by atoms with Crippen LogP contribution in [0.5, 0.6) is 5.75 Å². The Morgan fingerprint density at radius 3 is 2.63 bits per heavy atom. The van der Waals surface area contributed by atoms with Crippen LogP contribution in [0.3, 0.4) is 0 Å². The number of nitrogens with zero attached hydrogens (tertiary/aromatic N) is 3. The maximum Gasteiger partial charge on any atom is 0.233 e. The highest BCUT2D eigenvalue weighted by Crippen LogP contribution is 2.46. The average Bonchev–Trinajstić information content (AvgIpc) is 3.61. The zero-order chi connectivity index (χ0) is 18.8. The number of nitrogens with one attached hydrogen (secondary N) is 1. The summed E-state index contributed by atoms with van der Waals surface area (Å²) in [6.07, 6.45) is 5.65. The van der Waals surface area contributed by atoms with Crippen molar-refractivity contribution < 1.29 is 9.53 Å². The predicted octanol–water partition coefficient (Wildman–Crippen LogP) is 3.34. The molecule has 1 unspecified atom stereocenters. The van der Waals surface area contributed by atoms with E-state index in [9.17, 15) is 4.79 Å². The fourth-order valence-corrected chi connectivity index (χ4v) is 4.09. The lowest BCUT2D eigenvalue weighted by molar-refractivity contribution is -0.120. The van der Waals surface area contributed by atoms with E-state index in [-0.39, 0.29) is 11.2 Å². The van der Waals surface area contributed by atoms with Crippen LogP contribution in [-0.2, 0) is 11.2 Å². The third kappa shape index (κ3) is 4.46. The van der Waals surface area contributed by atoms with Crippen LogP contribution >= 0.6 is 11.8 Å². The number of carbonyl (C=O) groups is 1. The average molecular weight is 387 g/mol. The van der Waals surface area contributed by atoms with Gasteiger partial charge in [-0.15, -0.1) is 10.2 Å². The van der Waals surface area contributed by atoms with Gasteiger partial charge in [-0.1, -0.05) is 23.9 Å². The minimum atomic E-state index is -0.186. The predicted molar refractivity (Wildman–Crippen MR) is 105 cm³/mol. The van der Waals surface area contributed by atoms with E-state index in [1.165, 1.54) is 43.0 Å². The molecule has 0 spiro atoms. The van der Waals surface area contributed by atoms with Gasteiger partial charge in [0.1, 0.15) is 11.6 Å². The molecule has 0 aliphatic heterocycles. The fourth-order valence-electron chi connectivity index (χ4n) is 3.14. The molecule has 4 rings (SSSR count). The van der Waals surface area contributed by atoms with Gasteiger partial charge in [0.25, 0.3) is 0 Å². The summed E-state index contributed by atoms with van der Waals surface area (Å²) in [5.41, 5.74) is 1.18. The minimum absolute atomic E-state index is 0.0480. The molecule has 0 bridgehead atoms. The SMILES string of the molecule is COc1ccc(CCNC(=O)C(C)Sc2nnc(C3CC3)n2C2CC2)cc1. The summed E-state index contributed by atoms with van der Waals surface area (Å²) in [4.78, 5) is 12.5. The topological polar surface area (TPSA) is 69.0 Å². The summed E-state index contributed by atoms with van der Waals surface area (Å²) in [6.45, 7) is 2.56. The molecule has 0 radical (unpaired) electrons. The van der Waals surface area contributed by atoms with Crippen LogP contribution in [0.1, 0.15) is 56.0 Å². The molecule has 6 nitrogen and oxygen atoms in total. The van der Waals surface area contributed by atoms with E-state index in [2.05, 4.69) is 20.1 Å². The standard InChI is InChI=1S/C20H26N4O2S/c1-13(19(25)21-12-11-14-3-9-17(26-2)10-4-14)27-20-23-22-18(15-5-6-15)24(20)16-7-8-16/h3-4,9-10,13,15-16H,5-8,11-12H2,1-2H3,(H,21,25). The summed E-state index contributed by atoms with van der Waals surface area (Å²) < 4.78 is 7.46. The molecule has 1 aromatic heterocycles. The van der Waals surface area contributed by atoms with E-state index < -0.39 is 0 Å². The van der Waals surface area contributed by atoms with Crippen LogP contribution < -0.4 is 10.1 Å². The van der Waals surface area contributed by atoms with Crippen molar-refractivity contribution in [2.24, 2.45) is 0 Å². The first-order chi connectivity index (χ1) is 13.2. The molecule has 1 N–H and O–H groups in total. The van der Waals surface area contributed by atoms with E-state index in [4.69, 9.17) is 4.74 Å². The summed E-state index contributed by atoms with van der Waals surface area (Å²) in [5.74, 6) is 2.61. The van der Waals surface area contributed by atoms with E-state index >= 15 is 0 Å². The second-order valence-corrected chi connectivity index (χ2v) is 8.67. The van der Waals surface area contributed by atoms with Crippen molar-refractivity contribution in [3.63, 3.8) is 0 Å². The second kappa shape index (κ2) is 7.92. The van der Waals surface area contributed by atoms with E-state index in [1.54, 1.807) is 7.11 Å². The quantitative estimate of drug-likeness (QED) is 0.670. The summed E-state index contributed by atoms with van der Waals surface area (Å²) in [6, 6.07) is 8.49. The minimum Gasteiger partial charge on any atom is -0.497 e. The van der Waals surface area contributed by atoms with Gasteiger partial charge in [-0.2, -0.15) is 0 Å². The first-order valence-electron chi connectivity index (χ1n) is 9.68. The first kappa shape index (κ1) is 18.3. The van der Waals surface area contributed by atoms with Crippen LogP contribution in [0.4, 0.5) is 0 Å². The van der Waals surface area contributed by atoms with Gasteiger partial charge in [0, 0.05) is 18.5 Å². The van der Waals surface area contributed by atoms with Gasteiger partial charge in [-0.25, -0.2) is 0 Å². The largest absolute Gasteiger partial charge is 0.497 e. The third-order valence-corrected chi connectivity index (χ3v) is 6.13. The number of hydrogen-bond acceptors (Lipinski definition) is 5. The summed E-state index contributed by atoms with van der Waals surface area (Å²) in [5, 5.41) is 12.6. The van der Waals surface area contributed by atoms with E-state index in [0.717, 1.165) is 23.2 Å². The molecule has 1 heterocycles. The van der Waals surface area contributed by atoms with Gasteiger partial charge < -0.3 is 14.6 Å². The Hall–Kier alpha value is -2.02. The molecule has 2 aromatic rings. The number of rotatable bonds is 9. The molecule has 0 saturated heterocycles. The van der Waals surface area contributed by atoms with Gasteiger partial charge >= 0.3 is 0 Å². The third-order valence-electron chi connectivity index (χ3n) is 5.07. The lowest BCUT2D eigenvalue weighted by Crippen LogP contribution is -2.32. The lowest BCUT2D eigenvalue weighted by Gasteiger charge is -2.13. The molecule has 144 valence electrons. The lowest BCUT2D eigenvalue weighted by atomic mass is 10.1. The molecule has 1 aromatic carbocycles. The molecule has 7 heteroatoms. The second-order valence-electron chi connectivity index (χ2n) is 7.37. The molecular weight excluding hydrogens is 360 g/mol. The smallest absolute Gasteiger partial charge is 0.233 e. The Morgan fingerprint density at radius 1 is 1.26 bits per heavy atom. The fraction of sp³-hybridized carbons (Fsp3) is 0.550. The zero-order valence-electron chi connectivity index (χ0n) is 15.9. The van der Waals surface area contributed by atoms with Crippen molar-refractivity contribution in [1.29, 1.82) is 0 Å². The van der Waals surface area contributed by atoms with Crippen LogP contribution in [0.15, 0.2) is 29.4 Å². The number of methoxy groups -OCH3 is 1. The normalized spacial score (nSPS) is 17.6. The Balaban J connectivity index is 1.29. The number of benzene rings is 1. The van der Waals surface area contributed by atoms with E-state index in [1.807, 2.05) is 31.2 Å². The molecule has 2 saturated carbocycles. The van der Waals surface area contributed by atoms with Crippen molar-refractivity contribution in [2.75, 3.05) is 13.7 Å². The molecule has 1 amide bonds. The van der Waals surface area contributed by atoms with Gasteiger partial charge in [0.2, 0.25) is 5.91 Å². The van der Waals surface area contributed by atoms with Gasteiger partial charge in [0.05, 0.1) is 12.4 Å². The number of hydrogen-bond donors (Lipinski definition) is 1. The first-order valence-corrected chi connectivity index (χ1v) is 10.6. The maximum absolute atomic E-state index is 12.5. The van der Waals surface area contributed by atoms with Crippen molar-refractivity contribution in [2.45, 2.75) is 61.4 Å². The summed E-state index contributed by atoms with van der Waals surface area (Å²) in [7, 11) is 1.66. The zero-order valence-corrected chi connectivity index (χ0v) is 16.7.